The van der Waals surface area contributed by atoms with Crippen LogP contribution in [0.15, 0.2) is 5.10 Å². The Morgan fingerprint density at radius 2 is 2.42 bits per heavy atom. The van der Waals surface area contributed by atoms with Crippen molar-refractivity contribution >= 4 is 21.8 Å². The summed E-state index contributed by atoms with van der Waals surface area (Å²) < 4.78 is 0. The fourth-order valence-electron chi connectivity index (χ4n) is 1.82. The highest BCUT2D eigenvalue weighted by Gasteiger charge is 2.37. The number of halogens is 1. The smallest absolute Gasteiger partial charge is 0.121 e. The van der Waals surface area contributed by atoms with E-state index in [0.29, 0.717) is 6.04 Å². The van der Waals surface area contributed by atoms with Gasteiger partial charge in [-0.05, 0) is 24.7 Å². The molecule has 0 spiro atoms. The van der Waals surface area contributed by atoms with E-state index in [1.807, 2.05) is 0 Å². The number of rotatable bonds is 3. The van der Waals surface area contributed by atoms with Crippen molar-refractivity contribution in [2.75, 3.05) is 5.33 Å². The molecule has 0 saturated heterocycles. The van der Waals surface area contributed by atoms with Gasteiger partial charge in [0.2, 0.25) is 0 Å². The van der Waals surface area contributed by atoms with Crippen LogP contribution in [-0.4, -0.2) is 17.2 Å². The fourth-order valence-corrected chi connectivity index (χ4v) is 2.80. The Hall–Kier alpha value is -0.250. The van der Waals surface area contributed by atoms with Gasteiger partial charge in [-0.25, -0.2) is 0 Å². The first kappa shape index (κ1) is 8.35. The van der Waals surface area contributed by atoms with Crippen LogP contribution in [0.1, 0.15) is 19.3 Å². The lowest BCUT2D eigenvalue weighted by Crippen LogP contribution is -2.32. The second-order valence-electron chi connectivity index (χ2n) is 3.70. The van der Waals surface area contributed by atoms with Crippen LogP contribution in [0.5, 0.6) is 0 Å². The molecule has 0 aromatic rings. The fraction of sp³-hybridized carbons (Fsp3) is 0.875. The summed E-state index contributed by atoms with van der Waals surface area (Å²) in [6.07, 6.45) is 3.69. The molecule has 0 radical (unpaired) electrons. The molecular formula is C8H14BrN3. The van der Waals surface area contributed by atoms with Gasteiger partial charge in [-0.3, -0.25) is 0 Å². The summed E-state index contributed by atoms with van der Waals surface area (Å²) in [4.78, 5) is 0. The lowest BCUT2D eigenvalue weighted by molar-refractivity contribution is 0.379. The summed E-state index contributed by atoms with van der Waals surface area (Å²) in [5.41, 5.74) is 8.72. The molecule has 1 saturated carbocycles. The zero-order valence-electron chi connectivity index (χ0n) is 6.96. The molecular weight excluding hydrogens is 218 g/mol. The molecule has 68 valence electrons. The van der Waals surface area contributed by atoms with Gasteiger partial charge in [0.25, 0.3) is 0 Å². The molecule has 3 N–H and O–H groups in total. The van der Waals surface area contributed by atoms with Gasteiger partial charge >= 0.3 is 0 Å². The van der Waals surface area contributed by atoms with E-state index in [4.69, 9.17) is 5.73 Å². The topological polar surface area (TPSA) is 50.4 Å². The normalized spacial score (nSPS) is 31.1. The monoisotopic (exact) mass is 231 g/mol. The molecule has 0 amide bonds. The Bertz CT molecular complexity index is 200. The number of nitrogens with two attached hydrogens (primary N) is 1. The van der Waals surface area contributed by atoms with Gasteiger partial charge in [-0.2, -0.15) is 5.10 Å². The molecule has 0 aromatic heterocycles. The molecule has 1 aliphatic carbocycles. The van der Waals surface area contributed by atoms with Gasteiger partial charge in [0, 0.05) is 11.8 Å². The number of nitrogens with one attached hydrogen (secondary N) is 1. The maximum atomic E-state index is 5.61. The van der Waals surface area contributed by atoms with Crippen molar-refractivity contribution in [2.24, 2.45) is 22.7 Å². The molecule has 4 heteroatoms. The molecule has 2 rings (SSSR count). The number of nitrogens with zero attached hydrogens (tertiary/aromatic N) is 1. The van der Waals surface area contributed by atoms with Crippen molar-refractivity contribution in [1.82, 2.24) is 5.43 Å². The van der Waals surface area contributed by atoms with Crippen molar-refractivity contribution in [3.05, 3.63) is 0 Å². The summed E-state index contributed by atoms with van der Waals surface area (Å²) in [6.45, 7) is 0. The van der Waals surface area contributed by atoms with Gasteiger partial charge < -0.3 is 11.2 Å². The van der Waals surface area contributed by atoms with Gasteiger partial charge in [0.1, 0.15) is 5.84 Å². The molecule has 0 bridgehead atoms. The average Bonchev–Trinajstić information content (AvgIpc) is 2.78. The van der Waals surface area contributed by atoms with Crippen LogP contribution in [0.4, 0.5) is 0 Å². The highest BCUT2D eigenvalue weighted by molar-refractivity contribution is 9.09. The first-order valence-electron chi connectivity index (χ1n) is 4.45. The summed E-state index contributed by atoms with van der Waals surface area (Å²) in [6, 6.07) is 0.483. The molecule has 3 nitrogen and oxygen atoms in total. The largest absolute Gasteiger partial charge is 0.386 e. The van der Waals surface area contributed by atoms with Crippen LogP contribution in [-0.2, 0) is 0 Å². The van der Waals surface area contributed by atoms with Crippen molar-refractivity contribution < 1.29 is 0 Å². The maximum absolute atomic E-state index is 5.61. The van der Waals surface area contributed by atoms with Crippen molar-refractivity contribution in [3.8, 4) is 0 Å². The molecule has 2 aliphatic rings. The number of alkyl halides is 1. The van der Waals surface area contributed by atoms with E-state index in [9.17, 15) is 0 Å². The van der Waals surface area contributed by atoms with Crippen LogP contribution in [0.2, 0.25) is 0 Å². The lowest BCUT2D eigenvalue weighted by atomic mass is 9.95. The SMILES string of the molecule is NC1=NNC([C@H](CBr)C2CC2)C1. The lowest BCUT2D eigenvalue weighted by Gasteiger charge is -2.20. The minimum absolute atomic E-state index is 0.483. The molecule has 0 aromatic carbocycles. The second-order valence-corrected chi connectivity index (χ2v) is 4.35. The van der Waals surface area contributed by atoms with E-state index in [2.05, 4.69) is 26.5 Å². The summed E-state index contributed by atoms with van der Waals surface area (Å²) in [5.74, 6) is 2.38. The molecule has 1 fully saturated rings. The molecule has 12 heavy (non-hydrogen) atoms. The zero-order valence-corrected chi connectivity index (χ0v) is 8.55. The summed E-state index contributed by atoms with van der Waals surface area (Å²) in [5, 5.41) is 5.09. The second kappa shape index (κ2) is 3.24. The number of hydrogen-bond donors (Lipinski definition) is 2. The number of amidine groups is 1. The average molecular weight is 232 g/mol. The Morgan fingerprint density at radius 1 is 1.67 bits per heavy atom. The molecule has 1 heterocycles. The summed E-state index contributed by atoms with van der Waals surface area (Å²) >= 11 is 3.55. The van der Waals surface area contributed by atoms with Crippen molar-refractivity contribution in [1.29, 1.82) is 0 Å². The van der Waals surface area contributed by atoms with E-state index in [1.54, 1.807) is 0 Å². The van der Waals surface area contributed by atoms with Crippen LogP contribution in [0, 0.1) is 11.8 Å². The molecule has 1 aliphatic heterocycles. The van der Waals surface area contributed by atoms with Crippen LogP contribution < -0.4 is 11.2 Å². The van der Waals surface area contributed by atoms with Crippen LogP contribution in [0.25, 0.3) is 0 Å². The maximum Gasteiger partial charge on any atom is 0.121 e. The van der Waals surface area contributed by atoms with E-state index in [0.717, 1.165) is 29.4 Å². The van der Waals surface area contributed by atoms with Gasteiger partial charge in [-0.1, -0.05) is 15.9 Å². The summed E-state index contributed by atoms with van der Waals surface area (Å²) in [7, 11) is 0. The minimum Gasteiger partial charge on any atom is -0.386 e. The Morgan fingerprint density at radius 3 is 2.83 bits per heavy atom. The standard InChI is InChI=1S/C8H14BrN3/c9-4-6(5-1-2-5)7-3-8(10)12-11-7/h5-7,11H,1-4H2,(H2,10,12)/t6-,7?/m1/s1. The third-order valence-corrected chi connectivity index (χ3v) is 3.47. The Balaban J connectivity index is 1.90. The van der Waals surface area contributed by atoms with Crippen molar-refractivity contribution in [3.63, 3.8) is 0 Å². The highest BCUT2D eigenvalue weighted by atomic mass is 79.9. The predicted molar refractivity (Wildman–Crippen MR) is 53.2 cm³/mol. The highest BCUT2D eigenvalue weighted by Crippen LogP contribution is 2.40. The number of hydrazone groups is 1. The first-order valence-corrected chi connectivity index (χ1v) is 5.57. The van der Waals surface area contributed by atoms with E-state index < -0.39 is 0 Å². The van der Waals surface area contributed by atoms with Gasteiger partial charge in [0.15, 0.2) is 0 Å². The minimum atomic E-state index is 0.483. The Kier molecular flexibility index (Phi) is 2.26. The zero-order chi connectivity index (χ0) is 8.55. The van der Waals surface area contributed by atoms with E-state index >= 15 is 0 Å². The van der Waals surface area contributed by atoms with E-state index in [-0.39, 0.29) is 0 Å². The molecule has 1 unspecified atom stereocenters. The Labute approximate surface area is 80.9 Å². The van der Waals surface area contributed by atoms with E-state index in [1.165, 1.54) is 12.8 Å². The van der Waals surface area contributed by atoms with Gasteiger partial charge in [0.05, 0.1) is 6.04 Å². The number of hydrogen-bond acceptors (Lipinski definition) is 3. The van der Waals surface area contributed by atoms with Gasteiger partial charge in [-0.15, -0.1) is 0 Å². The predicted octanol–water partition coefficient (Wildman–Crippen LogP) is 1.04. The van der Waals surface area contributed by atoms with Crippen molar-refractivity contribution in [2.45, 2.75) is 25.3 Å². The first-order chi connectivity index (χ1) is 5.81. The van der Waals surface area contributed by atoms with Crippen LogP contribution in [0.3, 0.4) is 0 Å². The third kappa shape index (κ3) is 1.58. The third-order valence-electron chi connectivity index (χ3n) is 2.73. The molecule has 2 atom stereocenters. The van der Waals surface area contributed by atoms with Crippen LogP contribution >= 0.6 is 15.9 Å². The quantitative estimate of drug-likeness (QED) is 0.714.